The van der Waals surface area contributed by atoms with Gasteiger partial charge in [0.1, 0.15) is 11.8 Å². The Balaban J connectivity index is 2.04. The molecule has 0 unspecified atom stereocenters. The van der Waals surface area contributed by atoms with Crippen LogP contribution in [0.15, 0.2) is 54.6 Å². The molecular weight excluding hydrogens is 420 g/mol. The number of nitrogens with one attached hydrogen (secondary N) is 1. The zero-order chi connectivity index (χ0) is 23.2. The molecule has 0 radical (unpaired) electrons. The lowest BCUT2D eigenvalue weighted by Gasteiger charge is -2.30. The number of unbranched alkanes of at least 4 members (excludes halogenated alkanes) is 1. The van der Waals surface area contributed by atoms with Gasteiger partial charge < -0.3 is 15.0 Å². The normalized spacial score (nSPS) is 11.6. The fourth-order valence-corrected chi connectivity index (χ4v) is 4.31. The molecule has 1 atom stereocenters. The first-order chi connectivity index (χ1) is 15.6. The number of hydrogen-bond donors (Lipinski definition) is 1. The van der Waals surface area contributed by atoms with E-state index in [2.05, 4.69) is 24.4 Å². The molecule has 32 heavy (non-hydrogen) atoms. The molecule has 6 heteroatoms. The summed E-state index contributed by atoms with van der Waals surface area (Å²) in [5, 5.41) is 3.00. The molecule has 0 aliphatic carbocycles. The van der Waals surface area contributed by atoms with Crippen molar-refractivity contribution in [1.82, 2.24) is 10.2 Å². The van der Waals surface area contributed by atoms with Crippen molar-refractivity contribution in [2.75, 3.05) is 19.4 Å². The average molecular weight is 457 g/mol. The van der Waals surface area contributed by atoms with E-state index in [1.54, 1.807) is 23.8 Å². The Morgan fingerprint density at radius 2 is 1.75 bits per heavy atom. The second kappa shape index (κ2) is 14.6. The van der Waals surface area contributed by atoms with Gasteiger partial charge in [-0.25, -0.2) is 0 Å². The van der Waals surface area contributed by atoms with Gasteiger partial charge in [0.25, 0.3) is 0 Å². The summed E-state index contributed by atoms with van der Waals surface area (Å²) in [4.78, 5) is 27.8. The van der Waals surface area contributed by atoms with Gasteiger partial charge in [-0.1, -0.05) is 62.7 Å². The van der Waals surface area contributed by atoms with Crippen LogP contribution in [-0.2, 0) is 21.9 Å². The molecular formula is C26H36N2O3S. The highest BCUT2D eigenvalue weighted by molar-refractivity contribution is 7.98. The van der Waals surface area contributed by atoms with Crippen LogP contribution < -0.4 is 10.1 Å². The largest absolute Gasteiger partial charge is 0.497 e. The highest BCUT2D eigenvalue weighted by Gasteiger charge is 2.28. The van der Waals surface area contributed by atoms with Crippen LogP contribution >= 0.6 is 11.8 Å². The fraction of sp³-hybridized carbons (Fsp3) is 0.462. The summed E-state index contributed by atoms with van der Waals surface area (Å²) in [6.07, 6.45) is 2.94. The van der Waals surface area contributed by atoms with E-state index in [1.807, 2.05) is 49.4 Å². The Morgan fingerprint density at radius 1 is 1.03 bits per heavy atom. The highest BCUT2D eigenvalue weighted by Crippen LogP contribution is 2.19. The van der Waals surface area contributed by atoms with Gasteiger partial charge in [-0.05, 0) is 36.1 Å². The molecule has 2 amide bonds. The van der Waals surface area contributed by atoms with Crippen LogP contribution in [0.5, 0.6) is 5.75 Å². The van der Waals surface area contributed by atoms with Crippen LogP contribution in [0.3, 0.4) is 0 Å². The summed E-state index contributed by atoms with van der Waals surface area (Å²) in [6, 6.07) is 17.5. The standard InChI is InChI=1S/C26H36N2O3S/c1-4-6-17-27-26(30)24(5-2)28(19-21-12-14-23(31-3)15-13-21)25(29)16-18-32-20-22-10-8-7-9-11-22/h7-15,24H,4-6,16-20H2,1-3H3,(H,27,30)/t24-/m1/s1. The Hall–Kier alpha value is -2.47. The molecule has 0 aliphatic rings. The minimum atomic E-state index is -0.472. The van der Waals surface area contributed by atoms with Crippen molar-refractivity contribution in [3.05, 3.63) is 65.7 Å². The van der Waals surface area contributed by atoms with Crippen molar-refractivity contribution >= 4 is 23.6 Å². The number of hydrogen-bond acceptors (Lipinski definition) is 4. The molecule has 2 aromatic rings. The van der Waals surface area contributed by atoms with Crippen molar-refractivity contribution in [3.63, 3.8) is 0 Å². The molecule has 0 spiro atoms. The summed E-state index contributed by atoms with van der Waals surface area (Å²) < 4.78 is 5.24. The van der Waals surface area contributed by atoms with Gasteiger partial charge in [0.2, 0.25) is 11.8 Å². The number of methoxy groups -OCH3 is 1. The molecule has 2 aromatic carbocycles. The molecule has 0 fully saturated rings. The molecule has 1 N–H and O–H groups in total. The number of amides is 2. The third-order valence-corrected chi connectivity index (χ3v) is 6.33. The summed E-state index contributed by atoms with van der Waals surface area (Å²) in [7, 11) is 1.63. The number of carbonyl (C=O) groups is 2. The molecule has 0 bridgehead atoms. The van der Waals surface area contributed by atoms with E-state index in [4.69, 9.17) is 4.74 Å². The SMILES string of the molecule is CCCCNC(=O)[C@@H](CC)N(Cc1ccc(OC)cc1)C(=O)CCSCc1ccccc1. The minimum absolute atomic E-state index is 0.0128. The van der Waals surface area contributed by atoms with E-state index < -0.39 is 6.04 Å². The predicted molar refractivity (Wildman–Crippen MR) is 133 cm³/mol. The predicted octanol–water partition coefficient (Wildman–Crippen LogP) is 5.04. The highest BCUT2D eigenvalue weighted by atomic mass is 32.2. The maximum absolute atomic E-state index is 13.2. The lowest BCUT2D eigenvalue weighted by atomic mass is 10.1. The Morgan fingerprint density at radius 3 is 2.38 bits per heavy atom. The van der Waals surface area contributed by atoms with Crippen LogP contribution in [0.4, 0.5) is 0 Å². The van der Waals surface area contributed by atoms with Gasteiger partial charge in [0.15, 0.2) is 0 Å². The number of rotatable bonds is 14. The minimum Gasteiger partial charge on any atom is -0.497 e. The second-order valence-corrected chi connectivity index (χ2v) is 8.83. The molecule has 5 nitrogen and oxygen atoms in total. The number of thioether (sulfide) groups is 1. The molecule has 174 valence electrons. The fourth-order valence-electron chi connectivity index (χ4n) is 3.42. The molecule has 0 heterocycles. The number of carbonyl (C=O) groups excluding carboxylic acids is 2. The Labute approximate surface area is 196 Å². The van der Waals surface area contributed by atoms with Crippen molar-refractivity contribution in [1.29, 1.82) is 0 Å². The van der Waals surface area contributed by atoms with Crippen molar-refractivity contribution in [2.24, 2.45) is 0 Å². The zero-order valence-electron chi connectivity index (χ0n) is 19.5. The van der Waals surface area contributed by atoms with E-state index in [0.717, 1.165) is 35.7 Å². The van der Waals surface area contributed by atoms with Gasteiger partial charge in [0.05, 0.1) is 7.11 Å². The van der Waals surface area contributed by atoms with Crippen LogP contribution in [0.25, 0.3) is 0 Å². The quantitative estimate of drug-likeness (QED) is 0.405. The van der Waals surface area contributed by atoms with E-state index in [-0.39, 0.29) is 11.8 Å². The van der Waals surface area contributed by atoms with Gasteiger partial charge >= 0.3 is 0 Å². The molecule has 0 saturated carbocycles. The first kappa shape index (κ1) is 25.8. The maximum Gasteiger partial charge on any atom is 0.242 e. The van der Waals surface area contributed by atoms with Crippen molar-refractivity contribution < 1.29 is 14.3 Å². The van der Waals surface area contributed by atoms with Crippen molar-refractivity contribution in [3.8, 4) is 5.75 Å². The third kappa shape index (κ3) is 8.58. The lowest BCUT2D eigenvalue weighted by Crippen LogP contribution is -2.49. The van der Waals surface area contributed by atoms with Gasteiger partial charge in [-0.2, -0.15) is 11.8 Å². The van der Waals surface area contributed by atoms with Gasteiger partial charge in [-0.15, -0.1) is 0 Å². The number of ether oxygens (including phenoxy) is 1. The number of benzene rings is 2. The topological polar surface area (TPSA) is 58.6 Å². The van der Waals surface area contributed by atoms with Gasteiger partial charge in [0, 0.05) is 31.0 Å². The molecule has 0 saturated heterocycles. The van der Waals surface area contributed by atoms with Crippen LogP contribution in [0, 0.1) is 0 Å². The first-order valence-electron chi connectivity index (χ1n) is 11.4. The van der Waals surface area contributed by atoms with Crippen molar-refractivity contribution in [2.45, 2.75) is 57.9 Å². The smallest absolute Gasteiger partial charge is 0.242 e. The zero-order valence-corrected chi connectivity index (χ0v) is 20.3. The first-order valence-corrected chi connectivity index (χ1v) is 12.6. The number of nitrogens with zero attached hydrogens (tertiary/aromatic N) is 1. The summed E-state index contributed by atoms with van der Waals surface area (Å²) >= 11 is 1.74. The Kier molecular flexibility index (Phi) is 11.7. The molecule has 0 aliphatic heterocycles. The monoisotopic (exact) mass is 456 g/mol. The van der Waals surface area contributed by atoms with Crippen LogP contribution in [-0.4, -0.2) is 42.2 Å². The Bertz CT molecular complexity index is 812. The lowest BCUT2D eigenvalue weighted by molar-refractivity contribution is -0.141. The van der Waals surface area contributed by atoms with E-state index in [1.165, 1.54) is 5.56 Å². The van der Waals surface area contributed by atoms with E-state index in [0.29, 0.717) is 25.9 Å². The second-order valence-electron chi connectivity index (χ2n) is 7.73. The van der Waals surface area contributed by atoms with Gasteiger partial charge in [-0.3, -0.25) is 9.59 Å². The average Bonchev–Trinajstić information content (AvgIpc) is 2.82. The van der Waals surface area contributed by atoms with E-state index >= 15 is 0 Å². The summed E-state index contributed by atoms with van der Waals surface area (Å²) in [6.45, 7) is 5.10. The summed E-state index contributed by atoms with van der Waals surface area (Å²) in [5.41, 5.74) is 2.23. The molecule has 0 aromatic heterocycles. The van der Waals surface area contributed by atoms with E-state index in [9.17, 15) is 9.59 Å². The third-order valence-electron chi connectivity index (χ3n) is 5.30. The van der Waals surface area contributed by atoms with Crippen LogP contribution in [0.1, 0.15) is 50.7 Å². The maximum atomic E-state index is 13.2. The summed E-state index contributed by atoms with van der Waals surface area (Å²) in [5.74, 6) is 2.31. The van der Waals surface area contributed by atoms with Crippen LogP contribution in [0.2, 0.25) is 0 Å². The molecule has 2 rings (SSSR count).